The van der Waals surface area contributed by atoms with Crippen molar-refractivity contribution in [2.24, 2.45) is 17.3 Å². The molecule has 1 fully saturated rings. The Bertz CT molecular complexity index is 1350. The number of Topliss-reactive ketones (excluding diaryl/α,β-unsaturated/α-hetero) is 1. The van der Waals surface area contributed by atoms with Gasteiger partial charge < -0.3 is 13.9 Å². The molecule has 48 heavy (non-hydrogen) atoms. The van der Waals surface area contributed by atoms with Crippen molar-refractivity contribution < 1.29 is 28.3 Å². The van der Waals surface area contributed by atoms with Crippen molar-refractivity contribution in [2.75, 3.05) is 6.61 Å². The van der Waals surface area contributed by atoms with E-state index in [1.54, 1.807) is 0 Å². The molecule has 2 aromatic rings. The zero-order valence-corrected chi connectivity index (χ0v) is 32.2. The number of benzene rings is 2. The van der Waals surface area contributed by atoms with Crippen LogP contribution in [0.2, 0.25) is 5.04 Å². The number of hydrogen-bond donors (Lipinski definition) is 0. The summed E-state index contributed by atoms with van der Waals surface area (Å²) in [5, 5.41) is 1.88. The molecule has 7 heteroatoms. The minimum Gasteiger partial charge on any atom is -0.466 e. The molecule has 1 saturated carbocycles. The molecule has 1 aliphatic rings. The highest BCUT2D eigenvalue weighted by Gasteiger charge is 2.53. The predicted octanol–water partition coefficient (Wildman–Crippen LogP) is 8.35. The molecule has 3 rings (SSSR count). The van der Waals surface area contributed by atoms with Gasteiger partial charge >= 0.3 is 11.9 Å². The molecule has 2 aromatic carbocycles. The van der Waals surface area contributed by atoms with Gasteiger partial charge in [0.05, 0.1) is 6.61 Å². The van der Waals surface area contributed by atoms with E-state index in [9.17, 15) is 14.4 Å². The molecule has 0 bridgehead atoms. The molecule has 1 unspecified atom stereocenters. The summed E-state index contributed by atoms with van der Waals surface area (Å²) in [7, 11) is -3.08. The SMILES string of the molecule is CC(=O)OCCC/C(C)=C/CC1CC[C@H](C)[C@@](C)(CC[C@@H](O[Si](c2ccccc2)(c2ccccc2)C(C)(C)C)C(=O)OC(C)(C)C)C1=O. The number of carbonyl (C=O) groups is 3. The van der Waals surface area contributed by atoms with E-state index < -0.39 is 25.4 Å². The maximum Gasteiger partial charge on any atom is 0.334 e. The third kappa shape index (κ3) is 10.0. The third-order valence-corrected chi connectivity index (χ3v) is 15.1. The molecule has 6 nitrogen and oxygen atoms in total. The molecule has 0 N–H and O–H groups in total. The third-order valence-electron chi connectivity index (χ3n) is 10.1. The van der Waals surface area contributed by atoms with Crippen molar-refractivity contribution >= 4 is 36.4 Å². The lowest BCUT2D eigenvalue weighted by Gasteiger charge is -2.46. The van der Waals surface area contributed by atoms with E-state index in [0.29, 0.717) is 25.9 Å². The molecular formula is C41H60O6Si. The van der Waals surface area contributed by atoms with Crippen LogP contribution in [0.25, 0.3) is 0 Å². The number of carbonyl (C=O) groups excluding carboxylic acids is 3. The molecule has 0 aliphatic heterocycles. The van der Waals surface area contributed by atoms with Crippen LogP contribution in [0.1, 0.15) is 114 Å². The van der Waals surface area contributed by atoms with E-state index in [1.165, 1.54) is 12.5 Å². The molecule has 4 atom stereocenters. The molecule has 264 valence electrons. The van der Waals surface area contributed by atoms with Gasteiger partial charge in [0, 0.05) is 18.3 Å². The summed E-state index contributed by atoms with van der Waals surface area (Å²) in [6.45, 7) is 20.4. The van der Waals surface area contributed by atoms with Gasteiger partial charge in [-0.1, -0.05) is 107 Å². The van der Waals surface area contributed by atoms with Crippen molar-refractivity contribution in [3.63, 3.8) is 0 Å². The van der Waals surface area contributed by atoms with Crippen LogP contribution in [-0.2, 0) is 28.3 Å². The summed E-state index contributed by atoms with van der Waals surface area (Å²) in [4.78, 5) is 39.5. The number of hydrogen-bond acceptors (Lipinski definition) is 6. The average Bonchev–Trinajstić information content (AvgIpc) is 3.01. The van der Waals surface area contributed by atoms with Crippen LogP contribution in [0.3, 0.4) is 0 Å². The Morgan fingerprint density at radius 1 is 0.938 bits per heavy atom. The quantitative estimate of drug-likeness (QED) is 0.0866. The van der Waals surface area contributed by atoms with Gasteiger partial charge in [0.25, 0.3) is 8.32 Å². The number of esters is 2. The first-order valence-electron chi connectivity index (χ1n) is 17.8. The lowest BCUT2D eigenvalue weighted by Crippen LogP contribution is -2.68. The predicted molar refractivity (Wildman–Crippen MR) is 197 cm³/mol. The van der Waals surface area contributed by atoms with Crippen LogP contribution in [0, 0.1) is 17.3 Å². The van der Waals surface area contributed by atoms with Crippen molar-refractivity contribution in [1.82, 2.24) is 0 Å². The highest BCUT2D eigenvalue weighted by molar-refractivity contribution is 6.99. The Balaban J connectivity index is 1.94. The molecule has 0 amide bonds. The fourth-order valence-corrected chi connectivity index (χ4v) is 11.8. The van der Waals surface area contributed by atoms with Crippen molar-refractivity contribution in [3.8, 4) is 0 Å². The number of ether oxygens (including phenoxy) is 2. The van der Waals surface area contributed by atoms with Crippen LogP contribution in [0.4, 0.5) is 0 Å². The van der Waals surface area contributed by atoms with E-state index in [0.717, 1.165) is 36.1 Å². The van der Waals surface area contributed by atoms with E-state index in [4.69, 9.17) is 13.9 Å². The monoisotopic (exact) mass is 676 g/mol. The zero-order chi connectivity index (χ0) is 35.8. The van der Waals surface area contributed by atoms with Gasteiger partial charge in [-0.25, -0.2) is 4.79 Å². The van der Waals surface area contributed by atoms with Crippen LogP contribution in [0.5, 0.6) is 0 Å². The number of rotatable bonds is 14. The number of allylic oxidation sites excluding steroid dienone is 2. The van der Waals surface area contributed by atoms with E-state index in [-0.39, 0.29) is 34.6 Å². The second-order valence-corrected chi connectivity index (χ2v) is 20.3. The van der Waals surface area contributed by atoms with Crippen LogP contribution in [-0.4, -0.2) is 44.4 Å². The van der Waals surface area contributed by atoms with Gasteiger partial charge in [0.2, 0.25) is 0 Å². The topological polar surface area (TPSA) is 78.9 Å². The van der Waals surface area contributed by atoms with E-state index in [2.05, 4.69) is 71.9 Å². The second kappa shape index (κ2) is 16.6. The Morgan fingerprint density at radius 3 is 2.00 bits per heavy atom. The minimum atomic E-state index is -3.08. The summed E-state index contributed by atoms with van der Waals surface area (Å²) in [5.74, 6) is -0.240. The van der Waals surface area contributed by atoms with E-state index >= 15 is 0 Å². The summed E-state index contributed by atoms with van der Waals surface area (Å²) in [5.41, 5.74) is -0.0659. The molecule has 0 aromatic heterocycles. The van der Waals surface area contributed by atoms with Crippen LogP contribution >= 0.6 is 0 Å². The molecular weight excluding hydrogens is 617 g/mol. The van der Waals surface area contributed by atoms with Crippen LogP contribution in [0.15, 0.2) is 72.3 Å². The smallest absolute Gasteiger partial charge is 0.334 e. The minimum absolute atomic E-state index is 0.0628. The maximum absolute atomic E-state index is 14.3. The van der Waals surface area contributed by atoms with Gasteiger partial charge in [-0.3, -0.25) is 9.59 Å². The van der Waals surface area contributed by atoms with Gasteiger partial charge in [0.15, 0.2) is 0 Å². The van der Waals surface area contributed by atoms with Crippen LogP contribution < -0.4 is 10.4 Å². The van der Waals surface area contributed by atoms with Gasteiger partial charge in [-0.05, 0) is 94.0 Å². The van der Waals surface area contributed by atoms with E-state index in [1.807, 2.05) is 57.2 Å². The first-order chi connectivity index (χ1) is 22.4. The van der Waals surface area contributed by atoms with Crippen molar-refractivity contribution in [3.05, 3.63) is 72.3 Å². The normalized spacial score (nSPS) is 21.5. The average molecular weight is 677 g/mol. The molecule has 0 radical (unpaired) electrons. The lowest BCUT2D eigenvalue weighted by molar-refractivity contribution is -0.165. The van der Waals surface area contributed by atoms with Crippen molar-refractivity contribution in [2.45, 2.75) is 131 Å². The van der Waals surface area contributed by atoms with Gasteiger partial charge in [-0.2, -0.15) is 0 Å². The Labute approximate surface area is 291 Å². The second-order valence-electron chi connectivity index (χ2n) is 16.0. The summed E-state index contributed by atoms with van der Waals surface area (Å²) < 4.78 is 18.5. The Hall–Kier alpha value is -3.03. The summed E-state index contributed by atoms with van der Waals surface area (Å²) >= 11 is 0. The molecule has 1 aliphatic carbocycles. The summed E-state index contributed by atoms with van der Waals surface area (Å²) in [6.07, 6.45) is 6.40. The molecule has 0 heterocycles. The first-order valence-corrected chi connectivity index (χ1v) is 19.7. The largest absolute Gasteiger partial charge is 0.466 e. The molecule has 0 saturated heterocycles. The highest BCUT2D eigenvalue weighted by Crippen LogP contribution is 2.46. The summed E-state index contributed by atoms with van der Waals surface area (Å²) in [6, 6.07) is 20.7. The zero-order valence-electron chi connectivity index (χ0n) is 31.2. The fraction of sp³-hybridized carbons (Fsp3) is 0.585. The molecule has 0 spiro atoms. The van der Waals surface area contributed by atoms with Gasteiger partial charge in [-0.15, -0.1) is 0 Å². The Morgan fingerprint density at radius 2 is 1.50 bits per heavy atom. The maximum atomic E-state index is 14.3. The lowest BCUT2D eigenvalue weighted by atomic mass is 9.61. The standard InChI is InChI=1S/C41H60O6Si/c1-30(18-17-29-45-32(3)42)23-25-33-26-24-31(2)41(10,37(33)43)28-27-36(38(44)46-39(4,5)6)47-48(40(7,8)9,34-19-13-11-14-20-34)35-21-15-12-16-22-35/h11-16,19-23,31,33,36H,17-18,24-29H2,1-10H3/b30-23+/t31-,33?,36+,41+/m0/s1. The Kier molecular flexibility index (Phi) is 13.6. The fourth-order valence-electron chi connectivity index (χ4n) is 7.14. The first kappa shape index (κ1) is 39.4. The number of ketones is 1. The van der Waals surface area contributed by atoms with Crippen molar-refractivity contribution in [1.29, 1.82) is 0 Å². The van der Waals surface area contributed by atoms with Gasteiger partial charge in [0.1, 0.15) is 17.5 Å². The highest BCUT2D eigenvalue weighted by atomic mass is 28.4.